The molecular weight excluding hydrogens is 496 g/mol. The molecule has 1 atom stereocenters. The van der Waals surface area contributed by atoms with Gasteiger partial charge in [-0.1, -0.05) is 66.7 Å². The third-order valence-electron chi connectivity index (χ3n) is 7.20. The maximum absolute atomic E-state index is 14.2. The summed E-state index contributed by atoms with van der Waals surface area (Å²) in [5, 5.41) is 11.2. The van der Waals surface area contributed by atoms with Crippen LogP contribution in [-0.4, -0.2) is 44.4 Å². The Labute approximate surface area is 225 Å². The van der Waals surface area contributed by atoms with Crippen molar-refractivity contribution in [3.8, 4) is 0 Å². The van der Waals surface area contributed by atoms with Gasteiger partial charge in [0.1, 0.15) is 6.04 Å². The average molecular weight is 525 g/mol. The molecule has 2 heterocycles. The maximum Gasteiger partial charge on any atom is 0.328 e. The molecule has 0 saturated carbocycles. The van der Waals surface area contributed by atoms with Crippen LogP contribution in [0.1, 0.15) is 39.6 Å². The molecule has 3 aromatic carbocycles. The van der Waals surface area contributed by atoms with E-state index < -0.39 is 22.9 Å². The Morgan fingerprint density at radius 2 is 1.69 bits per heavy atom. The minimum Gasteiger partial charge on any atom is -0.467 e. The quantitative estimate of drug-likeness (QED) is 0.201. The van der Waals surface area contributed by atoms with Crippen LogP contribution < -0.4 is 0 Å². The Kier molecular flexibility index (Phi) is 7.23. The summed E-state index contributed by atoms with van der Waals surface area (Å²) < 4.78 is 7.07. The lowest BCUT2D eigenvalue weighted by atomic mass is 9.88. The van der Waals surface area contributed by atoms with Crippen molar-refractivity contribution in [1.82, 2.24) is 14.5 Å². The number of hydrogen-bond donors (Lipinski definition) is 0. The minimum absolute atomic E-state index is 0.0673. The molecule has 4 aromatic rings. The number of esters is 1. The Morgan fingerprint density at radius 3 is 2.26 bits per heavy atom. The number of nitro benzene ring substituents is 1. The van der Waals surface area contributed by atoms with Crippen molar-refractivity contribution in [3.63, 3.8) is 0 Å². The van der Waals surface area contributed by atoms with Crippen LogP contribution in [0.3, 0.4) is 0 Å². The molecule has 1 amide bonds. The molecular formula is C30H28N4O5. The first-order chi connectivity index (χ1) is 18.9. The van der Waals surface area contributed by atoms with Gasteiger partial charge in [0.25, 0.3) is 5.69 Å². The summed E-state index contributed by atoms with van der Waals surface area (Å²) in [6, 6.07) is 23.2. The largest absolute Gasteiger partial charge is 0.467 e. The summed E-state index contributed by atoms with van der Waals surface area (Å²) in [6.07, 6.45) is 1.94. The number of benzene rings is 3. The van der Waals surface area contributed by atoms with E-state index in [1.165, 1.54) is 13.2 Å². The van der Waals surface area contributed by atoms with Crippen molar-refractivity contribution in [3.05, 3.63) is 129 Å². The molecule has 1 aliphatic rings. The average Bonchev–Trinajstić information content (AvgIpc) is 3.34. The van der Waals surface area contributed by atoms with Crippen molar-refractivity contribution >= 4 is 17.6 Å². The minimum atomic E-state index is -0.820. The Bertz CT molecular complexity index is 1480. The molecule has 0 bridgehead atoms. The lowest BCUT2D eigenvalue weighted by molar-refractivity contribution is -0.385. The van der Waals surface area contributed by atoms with Gasteiger partial charge in [-0.3, -0.25) is 14.9 Å². The lowest BCUT2D eigenvalue weighted by Crippen LogP contribution is -2.51. The molecule has 9 heteroatoms. The lowest BCUT2D eigenvalue weighted by Gasteiger charge is -2.36. The molecule has 0 spiro atoms. The van der Waals surface area contributed by atoms with Crippen LogP contribution in [0.2, 0.25) is 0 Å². The fraction of sp³-hybridized carbons (Fsp3) is 0.233. The number of nitrogens with zero attached hydrogens (tertiary/aromatic N) is 4. The zero-order valence-electron chi connectivity index (χ0n) is 21.7. The number of aryl methyl sites for hydroxylation is 1. The summed E-state index contributed by atoms with van der Waals surface area (Å²) in [6.45, 7) is 2.30. The summed E-state index contributed by atoms with van der Waals surface area (Å²) in [4.78, 5) is 44.2. The maximum atomic E-state index is 14.2. The number of amides is 1. The molecule has 0 radical (unpaired) electrons. The summed E-state index contributed by atoms with van der Waals surface area (Å²) >= 11 is 0. The Morgan fingerprint density at radius 1 is 1.05 bits per heavy atom. The number of rotatable bonds is 7. The van der Waals surface area contributed by atoms with Crippen LogP contribution >= 0.6 is 0 Å². The van der Waals surface area contributed by atoms with Crippen molar-refractivity contribution in [1.29, 1.82) is 0 Å². The van der Waals surface area contributed by atoms with Gasteiger partial charge in [-0.25, -0.2) is 9.78 Å². The summed E-state index contributed by atoms with van der Waals surface area (Å²) in [5.74, 6) is -1.28. The molecule has 0 unspecified atom stereocenters. The van der Waals surface area contributed by atoms with E-state index in [0.717, 1.165) is 22.4 Å². The van der Waals surface area contributed by atoms with Crippen LogP contribution in [0.15, 0.2) is 85.2 Å². The van der Waals surface area contributed by atoms with Crippen molar-refractivity contribution in [2.75, 3.05) is 7.11 Å². The van der Waals surface area contributed by atoms with Crippen LogP contribution in [0.25, 0.3) is 0 Å². The van der Waals surface area contributed by atoms with E-state index in [1.807, 2.05) is 65.2 Å². The van der Waals surface area contributed by atoms with Crippen molar-refractivity contribution in [2.24, 2.45) is 0 Å². The first-order valence-corrected chi connectivity index (χ1v) is 12.6. The topological polar surface area (TPSA) is 108 Å². The van der Waals surface area contributed by atoms with Crippen molar-refractivity contribution < 1.29 is 19.2 Å². The number of fused-ring (bicyclic) bond motifs is 1. The van der Waals surface area contributed by atoms with E-state index in [2.05, 4.69) is 4.98 Å². The van der Waals surface area contributed by atoms with Gasteiger partial charge in [0.15, 0.2) is 0 Å². The third-order valence-corrected chi connectivity index (χ3v) is 7.20. The van der Waals surface area contributed by atoms with Gasteiger partial charge >= 0.3 is 5.97 Å². The van der Waals surface area contributed by atoms with E-state index >= 15 is 0 Å². The highest BCUT2D eigenvalue weighted by Crippen LogP contribution is 2.32. The zero-order chi connectivity index (χ0) is 27.5. The van der Waals surface area contributed by atoms with Crippen molar-refractivity contribution in [2.45, 2.75) is 38.4 Å². The van der Waals surface area contributed by atoms with Gasteiger partial charge in [0, 0.05) is 30.3 Å². The van der Waals surface area contributed by atoms with E-state index in [9.17, 15) is 19.7 Å². The zero-order valence-corrected chi connectivity index (χ0v) is 21.7. The smallest absolute Gasteiger partial charge is 0.328 e. The number of carbonyl (C=O) groups excluding carboxylic acids is 2. The van der Waals surface area contributed by atoms with Gasteiger partial charge in [0.2, 0.25) is 5.91 Å². The van der Waals surface area contributed by atoms with E-state index in [1.54, 1.807) is 30.3 Å². The highest BCUT2D eigenvalue weighted by molar-refractivity contribution is 5.91. The first-order valence-electron chi connectivity index (χ1n) is 12.6. The predicted molar refractivity (Wildman–Crippen MR) is 144 cm³/mol. The Balaban J connectivity index is 1.48. The number of aromatic nitrogens is 2. The summed E-state index contributed by atoms with van der Waals surface area (Å²) in [7, 11) is 1.32. The number of nitro groups is 1. The number of ether oxygens (including phenoxy) is 1. The van der Waals surface area contributed by atoms with Gasteiger partial charge in [-0.2, -0.15) is 0 Å². The van der Waals surface area contributed by atoms with Gasteiger partial charge in [0.05, 0.1) is 36.5 Å². The molecule has 5 rings (SSSR count). The predicted octanol–water partition coefficient (Wildman–Crippen LogP) is 4.41. The molecule has 1 aromatic heterocycles. The molecule has 0 N–H and O–H groups in total. The van der Waals surface area contributed by atoms with E-state index in [4.69, 9.17) is 4.74 Å². The molecule has 9 nitrogen and oxygen atoms in total. The highest BCUT2D eigenvalue weighted by atomic mass is 16.6. The molecule has 1 aliphatic heterocycles. The SMILES string of the molecule is COC(=O)[C@@H]1Cc2c(ncn2Cc2ccc([N+](=O)[O-])c(C)c2)CN1C(=O)C(c1ccccc1)c1ccccc1. The van der Waals surface area contributed by atoms with E-state index in [0.29, 0.717) is 17.8 Å². The fourth-order valence-corrected chi connectivity index (χ4v) is 5.25. The second kappa shape index (κ2) is 10.9. The van der Waals surface area contributed by atoms with Crippen LogP contribution in [0, 0.1) is 17.0 Å². The monoisotopic (exact) mass is 524 g/mol. The molecule has 0 saturated heterocycles. The Hall–Kier alpha value is -4.79. The third kappa shape index (κ3) is 5.16. The van der Waals surface area contributed by atoms with Gasteiger partial charge in [-0.15, -0.1) is 0 Å². The fourth-order valence-electron chi connectivity index (χ4n) is 5.25. The second-order valence-corrected chi connectivity index (χ2v) is 9.61. The molecule has 39 heavy (non-hydrogen) atoms. The number of imidazole rings is 1. The normalized spacial score (nSPS) is 14.6. The summed E-state index contributed by atoms with van der Waals surface area (Å²) in [5.41, 5.74) is 4.73. The van der Waals surface area contributed by atoms with Gasteiger partial charge in [-0.05, 0) is 29.7 Å². The molecule has 0 aliphatic carbocycles. The van der Waals surface area contributed by atoms with Crippen LogP contribution in [0.5, 0.6) is 0 Å². The second-order valence-electron chi connectivity index (χ2n) is 9.61. The first kappa shape index (κ1) is 25.8. The standard InChI is InChI=1S/C30H28N4O5/c1-20-15-21(13-14-25(20)34(37)38)17-32-19-31-24-18-33(27(16-26(24)32)30(36)39-2)29(35)28(22-9-5-3-6-10-22)23-11-7-4-8-12-23/h3-15,19,27-28H,16-18H2,1-2H3/t27-/m0/s1. The highest BCUT2D eigenvalue weighted by Gasteiger charge is 2.40. The van der Waals surface area contributed by atoms with Gasteiger partial charge < -0.3 is 14.2 Å². The van der Waals surface area contributed by atoms with Crippen LogP contribution in [-0.2, 0) is 33.8 Å². The number of hydrogen-bond acceptors (Lipinski definition) is 6. The number of methoxy groups -OCH3 is 1. The molecule has 0 fully saturated rings. The number of carbonyl (C=O) groups is 2. The van der Waals surface area contributed by atoms with Crippen LogP contribution in [0.4, 0.5) is 5.69 Å². The molecule has 198 valence electrons. The van der Waals surface area contributed by atoms with E-state index in [-0.39, 0.29) is 24.6 Å².